The maximum atomic E-state index is 14.6. The fourth-order valence-corrected chi connectivity index (χ4v) is 9.60. The number of amidine groups is 2. The van der Waals surface area contributed by atoms with Crippen LogP contribution in [0.15, 0.2) is 55.3 Å². The average Bonchev–Trinajstić information content (AvgIpc) is 3.17. The number of aliphatic imine (C=N–C) groups is 2. The molecule has 4 rings (SSSR count). The average molecular weight is 566 g/mol. The number of hydrogen-bond donors (Lipinski definition) is 2. The van der Waals surface area contributed by atoms with E-state index in [4.69, 9.17) is 8.94 Å². The third kappa shape index (κ3) is 4.31. The minimum atomic E-state index is -2.80. The number of alkyl halides is 1. The SMILES string of the molecule is CC[I-]1(c2cnc(C(=O)Nc3ccc(F)c([C@]4(C)C=CSC(N)=N4)c3)cn2)C=NC(C)=N1. The van der Waals surface area contributed by atoms with Gasteiger partial charge < -0.3 is 5.73 Å². The fraction of sp³-hybridized carbons (Fsp3) is 0.238. The molecule has 0 radical (unpaired) electrons. The van der Waals surface area contributed by atoms with Crippen LogP contribution in [0.4, 0.5) is 10.1 Å². The van der Waals surface area contributed by atoms with E-state index in [2.05, 4.69) is 32.2 Å². The van der Waals surface area contributed by atoms with Crippen LogP contribution in [0.1, 0.15) is 36.8 Å². The monoisotopic (exact) mass is 566 g/mol. The summed E-state index contributed by atoms with van der Waals surface area (Å²) < 4.78 is 22.9. The van der Waals surface area contributed by atoms with Crippen molar-refractivity contribution in [1.29, 1.82) is 0 Å². The predicted molar refractivity (Wildman–Crippen MR) is 123 cm³/mol. The number of carbonyl (C=O) groups is 1. The Morgan fingerprint density at radius 2 is 2.12 bits per heavy atom. The van der Waals surface area contributed by atoms with Crippen LogP contribution in [0.5, 0.6) is 0 Å². The maximum absolute atomic E-state index is 14.6. The third-order valence-electron chi connectivity index (χ3n) is 4.96. The number of halogens is 2. The molecule has 0 saturated heterocycles. The van der Waals surface area contributed by atoms with Crippen LogP contribution in [-0.4, -0.2) is 35.5 Å². The second-order valence-electron chi connectivity index (χ2n) is 7.22. The number of amides is 1. The number of nitrogens with two attached hydrogens (primary N) is 1. The van der Waals surface area contributed by atoms with E-state index in [-0.39, 0.29) is 5.69 Å². The molecule has 0 fully saturated rings. The predicted octanol–water partition coefficient (Wildman–Crippen LogP) is 0.384. The van der Waals surface area contributed by atoms with Crippen molar-refractivity contribution < 1.29 is 27.9 Å². The van der Waals surface area contributed by atoms with Gasteiger partial charge in [-0.25, -0.2) is 0 Å². The molecular formula is C21H22FIN7OS-. The Kier molecular flexibility index (Phi) is 6.12. The summed E-state index contributed by atoms with van der Waals surface area (Å²) in [5.74, 6) is -0.125. The van der Waals surface area contributed by atoms with Gasteiger partial charge in [-0.05, 0) is 0 Å². The van der Waals surface area contributed by atoms with Gasteiger partial charge in [0.2, 0.25) is 0 Å². The Labute approximate surface area is 193 Å². The molecule has 1 amide bonds. The zero-order valence-electron chi connectivity index (χ0n) is 17.7. The van der Waals surface area contributed by atoms with E-state index in [0.29, 0.717) is 16.4 Å². The molecule has 0 saturated carbocycles. The van der Waals surface area contributed by atoms with Crippen LogP contribution in [0.3, 0.4) is 0 Å². The van der Waals surface area contributed by atoms with Gasteiger partial charge in [-0.15, -0.1) is 0 Å². The first-order valence-corrected chi connectivity index (χ1v) is 15.4. The van der Waals surface area contributed by atoms with Gasteiger partial charge >= 0.3 is 177 Å². The molecule has 32 heavy (non-hydrogen) atoms. The van der Waals surface area contributed by atoms with Gasteiger partial charge in [0, 0.05) is 0 Å². The first kappa shape index (κ1) is 22.5. The molecule has 168 valence electrons. The summed E-state index contributed by atoms with van der Waals surface area (Å²) in [6.07, 6.45) is 4.83. The van der Waals surface area contributed by atoms with Crippen molar-refractivity contribution in [2.24, 2.45) is 18.9 Å². The molecule has 2 atom stereocenters. The molecule has 2 aliphatic heterocycles. The van der Waals surface area contributed by atoms with Gasteiger partial charge in [0.05, 0.1) is 0 Å². The molecule has 11 heteroatoms. The second-order valence-corrected chi connectivity index (χ2v) is 15.8. The number of benzene rings is 1. The topological polar surface area (TPSA) is 118 Å². The normalized spacial score (nSPS) is 26.2. The van der Waals surface area contributed by atoms with E-state index in [1.807, 2.05) is 11.1 Å². The number of nitrogens with zero attached hydrogens (tertiary/aromatic N) is 5. The Morgan fingerprint density at radius 3 is 2.75 bits per heavy atom. The van der Waals surface area contributed by atoms with Crippen molar-refractivity contribution in [3.63, 3.8) is 0 Å². The summed E-state index contributed by atoms with van der Waals surface area (Å²) in [5.41, 5.74) is 5.75. The van der Waals surface area contributed by atoms with Crippen molar-refractivity contribution in [1.82, 2.24) is 9.97 Å². The van der Waals surface area contributed by atoms with E-state index in [1.165, 1.54) is 30.1 Å². The van der Waals surface area contributed by atoms with E-state index in [1.54, 1.807) is 30.7 Å². The molecule has 3 heterocycles. The Bertz CT molecular complexity index is 1200. The van der Waals surface area contributed by atoms with E-state index in [9.17, 15) is 9.18 Å². The summed E-state index contributed by atoms with van der Waals surface area (Å²) in [7, 11) is 0. The summed E-state index contributed by atoms with van der Waals surface area (Å²) in [6.45, 7) is 5.69. The molecule has 2 aromatic rings. The van der Waals surface area contributed by atoms with Gasteiger partial charge in [-0.1, -0.05) is 11.8 Å². The summed E-state index contributed by atoms with van der Waals surface area (Å²) in [6, 6.07) is 4.34. The van der Waals surface area contributed by atoms with Crippen molar-refractivity contribution in [2.45, 2.75) is 26.3 Å². The molecule has 0 aliphatic carbocycles. The number of hydrogen-bond acceptors (Lipinski definition) is 8. The van der Waals surface area contributed by atoms with Gasteiger partial charge in [0.25, 0.3) is 0 Å². The summed E-state index contributed by atoms with van der Waals surface area (Å²) in [5, 5.41) is 4.88. The number of anilines is 1. The van der Waals surface area contributed by atoms with Crippen molar-refractivity contribution in [3.05, 3.63) is 62.9 Å². The Hall–Kier alpha value is -2.67. The minimum absolute atomic E-state index is 0.157. The number of carbonyl (C=O) groups excluding carboxylic acids is 1. The molecule has 0 spiro atoms. The third-order valence-corrected chi connectivity index (χ3v) is 13.1. The van der Waals surface area contributed by atoms with Crippen LogP contribution in [-0.2, 0) is 5.54 Å². The number of nitrogens with one attached hydrogen (secondary N) is 1. The van der Waals surface area contributed by atoms with E-state index in [0.717, 1.165) is 14.0 Å². The zero-order chi connectivity index (χ0) is 22.9. The molecule has 1 aromatic carbocycles. The molecule has 1 aromatic heterocycles. The molecule has 2 aliphatic rings. The van der Waals surface area contributed by atoms with Gasteiger partial charge in [0.15, 0.2) is 0 Å². The summed E-state index contributed by atoms with van der Waals surface area (Å²) in [4.78, 5) is 30.2. The van der Waals surface area contributed by atoms with Gasteiger partial charge in [-0.3, -0.25) is 0 Å². The molecule has 3 N–H and O–H groups in total. The van der Waals surface area contributed by atoms with Gasteiger partial charge in [0.1, 0.15) is 0 Å². The van der Waals surface area contributed by atoms with Crippen molar-refractivity contribution in [3.8, 4) is 0 Å². The number of rotatable bonds is 5. The molecular weight excluding hydrogens is 544 g/mol. The molecule has 1 unspecified atom stereocenters. The first-order chi connectivity index (χ1) is 15.2. The fourth-order valence-electron chi connectivity index (χ4n) is 3.24. The standard InChI is InChI=1S/C21H22FIN7OS/c1-4-23(12-27-13(2)30-23)18-11-25-17(10-26-18)19(31)28-14-5-6-16(22)15(9-14)21(3)7-8-32-20(24)29-21/h5-12H,4H2,1-3H3,(H2,24,29)(H,28,31)/q-1/t21-/m0/s1. The summed E-state index contributed by atoms with van der Waals surface area (Å²) >= 11 is -1.52. The van der Waals surface area contributed by atoms with E-state index < -0.39 is 36.0 Å². The molecule has 8 nitrogen and oxygen atoms in total. The van der Waals surface area contributed by atoms with Crippen molar-refractivity contribution >= 4 is 38.6 Å². The van der Waals surface area contributed by atoms with E-state index >= 15 is 0 Å². The zero-order valence-corrected chi connectivity index (χ0v) is 20.7. The molecule has 0 bridgehead atoms. The second kappa shape index (κ2) is 8.70. The van der Waals surface area contributed by atoms with Crippen LogP contribution in [0, 0.1) is 9.52 Å². The van der Waals surface area contributed by atoms with Crippen LogP contribution in [0.25, 0.3) is 0 Å². The number of thioether (sulfide) groups is 1. The quantitative estimate of drug-likeness (QED) is 0.401. The van der Waals surface area contributed by atoms with Crippen LogP contribution >= 0.6 is 11.8 Å². The number of aromatic nitrogens is 2. The van der Waals surface area contributed by atoms with Crippen LogP contribution < -0.4 is 29.8 Å². The van der Waals surface area contributed by atoms with Crippen LogP contribution in [0.2, 0.25) is 0 Å². The Balaban J connectivity index is 1.56. The van der Waals surface area contributed by atoms with Gasteiger partial charge in [-0.2, -0.15) is 0 Å². The Morgan fingerprint density at radius 1 is 1.31 bits per heavy atom. The van der Waals surface area contributed by atoms with Crippen molar-refractivity contribution in [2.75, 3.05) is 9.74 Å². The first-order valence-electron chi connectivity index (χ1n) is 9.73.